The monoisotopic (exact) mass is 290 g/mol. The molecular formula is C16H22N2O3. The predicted octanol–water partition coefficient (Wildman–Crippen LogP) is 1.29. The highest BCUT2D eigenvalue weighted by atomic mass is 16.5. The molecule has 1 aliphatic heterocycles. The van der Waals surface area contributed by atoms with Crippen LogP contribution in [0.15, 0.2) is 24.3 Å². The van der Waals surface area contributed by atoms with E-state index in [9.17, 15) is 9.59 Å². The number of carbonyl (C=O) groups excluding carboxylic acids is 2. The third-order valence-electron chi connectivity index (χ3n) is 3.68. The number of nitrogens with zero attached hydrogens (tertiary/aromatic N) is 2. The molecule has 1 saturated heterocycles. The topological polar surface area (TPSA) is 49.9 Å². The molecule has 0 aliphatic carbocycles. The molecule has 0 unspecified atom stereocenters. The Morgan fingerprint density at radius 3 is 2.19 bits per heavy atom. The lowest BCUT2D eigenvalue weighted by Gasteiger charge is -2.31. The van der Waals surface area contributed by atoms with Crippen molar-refractivity contribution in [2.75, 3.05) is 46.4 Å². The first-order valence-electron chi connectivity index (χ1n) is 7.31. The highest BCUT2D eigenvalue weighted by molar-refractivity contribution is 5.98. The number of hydrogen-bond acceptors (Lipinski definition) is 5. The predicted molar refractivity (Wildman–Crippen MR) is 80.7 cm³/mol. The summed E-state index contributed by atoms with van der Waals surface area (Å²) in [5, 5.41) is 0. The maximum Gasteiger partial charge on any atom is 0.338 e. The fraction of sp³-hybridized carbons (Fsp3) is 0.500. The molecule has 1 fully saturated rings. The van der Waals surface area contributed by atoms with Gasteiger partial charge in [-0.25, -0.2) is 4.79 Å². The molecule has 0 spiro atoms. The molecule has 114 valence electrons. The molecule has 1 aromatic rings. The van der Waals surface area contributed by atoms with E-state index < -0.39 is 0 Å². The minimum absolute atomic E-state index is 0.0926. The molecule has 1 aromatic carbocycles. The molecule has 0 aromatic heterocycles. The van der Waals surface area contributed by atoms with Crippen LogP contribution in [-0.2, 0) is 4.74 Å². The van der Waals surface area contributed by atoms with Gasteiger partial charge in [-0.15, -0.1) is 0 Å². The Kier molecular flexibility index (Phi) is 5.47. The lowest BCUT2D eigenvalue weighted by Crippen LogP contribution is -2.46. The van der Waals surface area contributed by atoms with E-state index in [0.29, 0.717) is 24.3 Å². The minimum Gasteiger partial charge on any atom is -0.462 e. The molecule has 2 rings (SSSR count). The summed E-state index contributed by atoms with van der Waals surface area (Å²) in [5.41, 5.74) is 1.12. The SMILES string of the molecule is CCOC(=O)c1ccc(C(=O)CN2CCN(C)CC2)cc1. The van der Waals surface area contributed by atoms with Gasteiger partial charge in [0, 0.05) is 31.7 Å². The van der Waals surface area contributed by atoms with E-state index in [1.54, 1.807) is 31.2 Å². The van der Waals surface area contributed by atoms with Crippen LogP contribution in [0.4, 0.5) is 0 Å². The summed E-state index contributed by atoms with van der Waals surface area (Å²) in [6.07, 6.45) is 0. The Morgan fingerprint density at radius 2 is 1.62 bits per heavy atom. The van der Waals surface area contributed by atoms with Gasteiger partial charge in [-0.05, 0) is 26.1 Å². The van der Waals surface area contributed by atoms with Crippen LogP contribution in [0.3, 0.4) is 0 Å². The van der Waals surface area contributed by atoms with Crippen molar-refractivity contribution in [1.82, 2.24) is 9.80 Å². The number of carbonyl (C=O) groups is 2. The highest BCUT2D eigenvalue weighted by Gasteiger charge is 2.17. The first-order chi connectivity index (χ1) is 10.1. The summed E-state index contributed by atoms with van der Waals surface area (Å²) in [5.74, 6) is -0.259. The Balaban J connectivity index is 1.92. The second kappa shape index (κ2) is 7.33. The van der Waals surface area contributed by atoms with Crippen molar-refractivity contribution in [2.45, 2.75) is 6.92 Å². The molecule has 0 amide bonds. The van der Waals surface area contributed by atoms with Crippen molar-refractivity contribution in [1.29, 1.82) is 0 Å². The summed E-state index contributed by atoms with van der Waals surface area (Å²) in [4.78, 5) is 28.2. The fourth-order valence-corrected chi connectivity index (χ4v) is 2.31. The fourth-order valence-electron chi connectivity index (χ4n) is 2.31. The number of esters is 1. The summed E-state index contributed by atoms with van der Waals surface area (Å²) >= 11 is 0. The number of piperazine rings is 1. The van der Waals surface area contributed by atoms with Gasteiger partial charge in [-0.1, -0.05) is 12.1 Å². The Labute approximate surface area is 125 Å². The van der Waals surface area contributed by atoms with Crippen molar-refractivity contribution in [2.24, 2.45) is 0 Å². The number of ether oxygens (including phenoxy) is 1. The zero-order valence-electron chi connectivity index (χ0n) is 12.7. The smallest absolute Gasteiger partial charge is 0.338 e. The molecule has 1 aliphatic rings. The van der Waals surface area contributed by atoms with Crippen molar-refractivity contribution < 1.29 is 14.3 Å². The van der Waals surface area contributed by atoms with Crippen molar-refractivity contribution in [3.63, 3.8) is 0 Å². The number of likely N-dealkylation sites (N-methyl/N-ethyl adjacent to an activating group) is 1. The van der Waals surface area contributed by atoms with Crippen LogP contribution in [0, 0.1) is 0 Å². The van der Waals surface area contributed by atoms with Gasteiger partial charge < -0.3 is 9.64 Å². The lowest BCUT2D eigenvalue weighted by molar-refractivity contribution is 0.0526. The van der Waals surface area contributed by atoms with Crippen LogP contribution >= 0.6 is 0 Å². The van der Waals surface area contributed by atoms with Crippen LogP contribution in [0.25, 0.3) is 0 Å². The van der Waals surface area contributed by atoms with Crippen LogP contribution in [0.1, 0.15) is 27.6 Å². The Morgan fingerprint density at radius 1 is 1.05 bits per heavy atom. The van der Waals surface area contributed by atoms with Gasteiger partial charge in [0.05, 0.1) is 18.7 Å². The van der Waals surface area contributed by atoms with E-state index in [0.717, 1.165) is 26.2 Å². The molecular weight excluding hydrogens is 268 g/mol. The van der Waals surface area contributed by atoms with Crippen LogP contribution < -0.4 is 0 Å². The van der Waals surface area contributed by atoms with Gasteiger partial charge in [0.1, 0.15) is 0 Å². The van der Waals surface area contributed by atoms with Gasteiger partial charge >= 0.3 is 5.97 Å². The summed E-state index contributed by atoms with van der Waals surface area (Å²) in [6, 6.07) is 6.69. The molecule has 5 nitrogen and oxygen atoms in total. The van der Waals surface area contributed by atoms with Crippen LogP contribution in [0.5, 0.6) is 0 Å². The Hall–Kier alpha value is -1.72. The molecule has 0 N–H and O–H groups in total. The van der Waals surface area contributed by atoms with E-state index in [1.165, 1.54) is 0 Å². The zero-order valence-corrected chi connectivity index (χ0v) is 12.7. The van der Waals surface area contributed by atoms with E-state index in [4.69, 9.17) is 4.74 Å². The van der Waals surface area contributed by atoms with E-state index in [2.05, 4.69) is 16.8 Å². The lowest BCUT2D eigenvalue weighted by atomic mass is 10.1. The summed E-state index contributed by atoms with van der Waals surface area (Å²) in [7, 11) is 2.09. The largest absolute Gasteiger partial charge is 0.462 e. The average molecular weight is 290 g/mol. The minimum atomic E-state index is -0.351. The average Bonchev–Trinajstić information content (AvgIpc) is 2.50. The quantitative estimate of drug-likeness (QED) is 0.604. The van der Waals surface area contributed by atoms with Crippen molar-refractivity contribution in [3.05, 3.63) is 35.4 Å². The van der Waals surface area contributed by atoms with E-state index >= 15 is 0 Å². The molecule has 21 heavy (non-hydrogen) atoms. The highest BCUT2D eigenvalue weighted by Crippen LogP contribution is 2.09. The van der Waals surface area contributed by atoms with E-state index in [-0.39, 0.29) is 11.8 Å². The third-order valence-corrected chi connectivity index (χ3v) is 3.68. The first-order valence-corrected chi connectivity index (χ1v) is 7.31. The number of hydrogen-bond donors (Lipinski definition) is 0. The second-order valence-electron chi connectivity index (χ2n) is 5.30. The number of benzene rings is 1. The van der Waals surface area contributed by atoms with Crippen LogP contribution in [0.2, 0.25) is 0 Å². The Bertz CT molecular complexity index is 491. The standard InChI is InChI=1S/C16H22N2O3/c1-3-21-16(20)14-6-4-13(5-7-14)15(19)12-18-10-8-17(2)9-11-18/h4-7H,3,8-12H2,1-2H3. The van der Waals surface area contributed by atoms with Gasteiger partial charge in [-0.2, -0.15) is 0 Å². The maximum absolute atomic E-state index is 12.2. The van der Waals surface area contributed by atoms with Gasteiger partial charge in [-0.3, -0.25) is 9.69 Å². The molecule has 0 saturated carbocycles. The van der Waals surface area contributed by atoms with Gasteiger partial charge in [0.15, 0.2) is 5.78 Å². The van der Waals surface area contributed by atoms with Crippen molar-refractivity contribution >= 4 is 11.8 Å². The molecule has 0 bridgehead atoms. The maximum atomic E-state index is 12.2. The second-order valence-corrected chi connectivity index (χ2v) is 5.30. The van der Waals surface area contributed by atoms with E-state index in [1.807, 2.05) is 0 Å². The normalized spacial score (nSPS) is 16.7. The molecule has 0 radical (unpaired) electrons. The molecule has 5 heteroatoms. The third kappa shape index (κ3) is 4.37. The number of rotatable bonds is 5. The summed E-state index contributed by atoms with van der Waals surface area (Å²) < 4.78 is 4.92. The molecule has 1 heterocycles. The first kappa shape index (κ1) is 15.7. The van der Waals surface area contributed by atoms with Gasteiger partial charge in [0.2, 0.25) is 0 Å². The zero-order chi connectivity index (χ0) is 15.2. The summed E-state index contributed by atoms with van der Waals surface area (Å²) in [6.45, 7) is 6.39. The number of ketones is 1. The van der Waals surface area contributed by atoms with Crippen molar-refractivity contribution in [3.8, 4) is 0 Å². The molecule has 0 atom stereocenters. The van der Waals surface area contributed by atoms with Gasteiger partial charge in [0.25, 0.3) is 0 Å². The van der Waals surface area contributed by atoms with Crippen LogP contribution in [-0.4, -0.2) is 67.9 Å². The number of Topliss-reactive ketones (excluding diaryl/α,β-unsaturated/α-hetero) is 1.